The second-order valence-corrected chi connectivity index (χ2v) is 4.43. The van der Waals surface area contributed by atoms with Crippen LogP contribution in [-0.4, -0.2) is 29.8 Å². The second kappa shape index (κ2) is 4.28. The van der Waals surface area contributed by atoms with Gasteiger partial charge >= 0.3 is 5.97 Å². The normalized spacial score (nSPS) is 25.5. The van der Waals surface area contributed by atoms with E-state index in [1.54, 1.807) is 11.7 Å². The van der Waals surface area contributed by atoms with Crippen LogP contribution in [0.3, 0.4) is 0 Å². The van der Waals surface area contributed by atoms with Crippen LogP contribution < -0.4 is 0 Å². The predicted octanol–water partition coefficient (Wildman–Crippen LogP) is 1.41. The maximum Gasteiger partial charge on any atom is 0.338 e. The standard InChI is InChI=1S/C10H13NO3S/c1-2-14-10(3-4-13-9(10)12)5-8-6-11-7-15-8/h6-7H,2-5H2,1H3. The number of hydrogen-bond donors (Lipinski definition) is 0. The van der Waals surface area contributed by atoms with E-state index in [1.807, 2.05) is 6.92 Å². The average Bonchev–Trinajstić information content (AvgIpc) is 2.80. The van der Waals surface area contributed by atoms with Crippen LogP contribution in [0.25, 0.3) is 0 Å². The van der Waals surface area contributed by atoms with E-state index in [0.717, 1.165) is 4.88 Å². The van der Waals surface area contributed by atoms with Crippen molar-refractivity contribution >= 4 is 17.3 Å². The molecule has 5 heteroatoms. The molecule has 0 saturated carbocycles. The van der Waals surface area contributed by atoms with Crippen molar-refractivity contribution in [1.29, 1.82) is 0 Å². The van der Waals surface area contributed by atoms with Gasteiger partial charge in [-0.1, -0.05) is 0 Å². The second-order valence-electron chi connectivity index (χ2n) is 3.46. The van der Waals surface area contributed by atoms with E-state index >= 15 is 0 Å². The van der Waals surface area contributed by atoms with Crippen molar-refractivity contribution in [2.45, 2.75) is 25.4 Å². The molecule has 1 aromatic rings. The lowest BCUT2D eigenvalue weighted by atomic mass is 9.97. The summed E-state index contributed by atoms with van der Waals surface area (Å²) in [6.45, 7) is 2.87. The summed E-state index contributed by atoms with van der Waals surface area (Å²) in [5.41, 5.74) is 0.997. The van der Waals surface area contributed by atoms with Gasteiger partial charge in [0.05, 0.1) is 12.1 Å². The summed E-state index contributed by atoms with van der Waals surface area (Å²) in [4.78, 5) is 16.7. The Labute approximate surface area is 92.2 Å². The lowest BCUT2D eigenvalue weighted by molar-refractivity contribution is -0.158. The van der Waals surface area contributed by atoms with Crippen LogP contribution in [0.1, 0.15) is 18.2 Å². The highest BCUT2D eigenvalue weighted by Gasteiger charge is 2.45. The van der Waals surface area contributed by atoms with E-state index in [9.17, 15) is 4.79 Å². The molecule has 2 heterocycles. The van der Waals surface area contributed by atoms with Crippen molar-refractivity contribution in [3.05, 3.63) is 16.6 Å². The largest absolute Gasteiger partial charge is 0.463 e. The molecule has 1 saturated heterocycles. The summed E-state index contributed by atoms with van der Waals surface area (Å²) >= 11 is 1.54. The van der Waals surface area contributed by atoms with Crippen molar-refractivity contribution in [2.24, 2.45) is 0 Å². The fourth-order valence-electron chi connectivity index (χ4n) is 1.77. The van der Waals surface area contributed by atoms with Crippen molar-refractivity contribution < 1.29 is 14.3 Å². The number of ether oxygens (including phenoxy) is 2. The van der Waals surface area contributed by atoms with Crippen molar-refractivity contribution in [1.82, 2.24) is 4.98 Å². The Morgan fingerprint density at radius 3 is 3.13 bits per heavy atom. The maximum atomic E-state index is 11.6. The number of esters is 1. The molecule has 0 bridgehead atoms. The quantitative estimate of drug-likeness (QED) is 0.730. The fourth-order valence-corrected chi connectivity index (χ4v) is 2.47. The Balaban J connectivity index is 2.16. The summed E-state index contributed by atoms with van der Waals surface area (Å²) in [6, 6.07) is 0. The smallest absolute Gasteiger partial charge is 0.338 e. The molecule has 0 aromatic carbocycles. The highest BCUT2D eigenvalue weighted by molar-refractivity contribution is 7.09. The van der Waals surface area contributed by atoms with E-state index in [1.165, 1.54) is 11.3 Å². The number of cyclic esters (lactones) is 1. The monoisotopic (exact) mass is 227 g/mol. The summed E-state index contributed by atoms with van der Waals surface area (Å²) in [5.74, 6) is -0.238. The summed E-state index contributed by atoms with van der Waals surface area (Å²) in [6.07, 6.45) is 2.99. The van der Waals surface area contributed by atoms with Crippen LogP contribution in [0.4, 0.5) is 0 Å². The molecule has 1 aliphatic rings. The Bertz CT molecular complexity index is 338. The van der Waals surface area contributed by atoms with Crippen LogP contribution in [0.15, 0.2) is 11.7 Å². The molecule has 15 heavy (non-hydrogen) atoms. The highest BCUT2D eigenvalue weighted by Crippen LogP contribution is 2.30. The Hall–Kier alpha value is -0.940. The van der Waals surface area contributed by atoms with Crippen LogP contribution in [0.5, 0.6) is 0 Å². The number of aromatic nitrogens is 1. The molecule has 2 rings (SSSR count). The maximum absolute atomic E-state index is 11.6. The van der Waals surface area contributed by atoms with Crippen LogP contribution in [-0.2, 0) is 20.7 Å². The first-order valence-electron chi connectivity index (χ1n) is 4.95. The third-order valence-electron chi connectivity index (χ3n) is 2.47. The van der Waals surface area contributed by atoms with Crippen LogP contribution >= 0.6 is 11.3 Å². The minimum Gasteiger partial charge on any atom is -0.463 e. The number of thiazole rings is 1. The number of carbonyl (C=O) groups is 1. The van der Waals surface area contributed by atoms with Gasteiger partial charge in [0.1, 0.15) is 0 Å². The lowest BCUT2D eigenvalue weighted by Gasteiger charge is -2.23. The molecule has 1 aromatic heterocycles. The lowest BCUT2D eigenvalue weighted by Crippen LogP contribution is -2.39. The molecule has 1 atom stereocenters. The van der Waals surface area contributed by atoms with E-state index in [2.05, 4.69) is 4.98 Å². The van der Waals surface area contributed by atoms with E-state index in [0.29, 0.717) is 26.1 Å². The van der Waals surface area contributed by atoms with Gasteiger partial charge in [-0.15, -0.1) is 11.3 Å². The van der Waals surface area contributed by atoms with Crippen molar-refractivity contribution in [3.63, 3.8) is 0 Å². The van der Waals surface area contributed by atoms with E-state index in [4.69, 9.17) is 9.47 Å². The molecule has 0 N–H and O–H groups in total. The van der Waals surface area contributed by atoms with E-state index in [-0.39, 0.29) is 5.97 Å². The van der Waals surface area contributed by atoms with Gasteiger partial charge in [0.2, 0.25) is 0 Å². The van der Waals surface area contributed by atoms with E-state index < -0.39 is 5.60 Å². The number of nitrogens with zero attached hydrogens (tertiary/aromatic N) is 1. The predicted molar refractivity (Wildman–Crippen MR) is 55.8 cm³/mol. The van der Waals surface area contributed by atoms with Gasteiger partial charge < -0.3 is 9.47 Å². The molecule has 0 radical (unpaired) electrons. The zero-order valence-corrected chi connectivity index (χ0v) is 9.38. The topological polar surface area (TPSA) is 48.4 Å². The Morgan fingerprint density at radius 1 is 1.73 bits per heavy atom. The zero-order chi connectivity index (χ0) is 10.7. The molecule has 1 unspecified atom stereocenters. The molecule has 0 amide bonds. The molecule has 82 valence electrons. The van der Waals surface area contributed by atoms with Gasteiger partial charge in [0.25, 0.3) is 0 Å². The number of carbonyl (C=O) groups excluding carboxylic acids is 1. The summed E-state index contributed by atoms with van der Waals surface area (Å²) < 4.78 is 10.6. The molecule has 4 nitrogen and oxygen atoms in total. The Morgan fingerprint density at radius 2 is 2.60 bits per heavy atom. The van der Waals surface area contributed by atoms with Gasteiger partial charge in [-0.05, 0) is 6.92 Å². The van der Waals surface area contributed by atoms with Crippen molar-refractivity contribution in [3.8, 4) is 0 Å². The third-order valence-corrected chi connectivity index (χ3v) is 3.25. The minimum absolute atomic E-state index is 0.238. The van der Waals surface area contributed by atoms with Crippen LogP contribution in [0.2, 0.25) is 0 Å². The molecule has 1 fully saturated rings. The molecule has 0 spiro atoms. The Kier molecular flexibility index (Phi) is 3.02. The average molecular weight is 227 g/mol. The van der Waals surface area contributed by atoms with Gasteiger partial charge in [-0.3, -0.25) is 4.98 Å². The summed E-state index contributed by atoms with van der Waals surface area (Å²) in [5, 5.41) is 0. The minimum atomic E-state index is -0.763. The van der Waals surface area contributed by atoms with Gasteiger partial charge in [0.15, 0.2) is 5.60 Å². The molecular weight excluding hydrogens is 214 g/mol. The summed E-state index contributed by atoms with van der Waals surface area (Å²) in [7, 11) is 0. The first kappa shape index (κ1) is 10.6. The van der Waals surface area contributed by atoms with Gasteiger partial charge in [0, 0.05) is 30.5 Å². The van der Waals surface area contributed by atoms with Crippen molar-refractivity contribution in [2.75, 3.05) is 13.2 Å². The molecule has 0 aliphatic carbocycles. The van der Waals surface area contributed by atoms with Crippen LogP contribution in [0, 0.1) is 0 Å². The number of hydrogen-bond acceptors (Lipinski definition) is 5. The molecular formula is C10H13NO3S. The zero-order valence-electron chi connectivity index (χ0n) is 8.56. The third kappa shape index (κ3) is 2.03. The number of rotatable bonds is 4. The fraction of sp³-hybridized carbons (Fsp3) is 0.600. The molecule has 1 aliphatic heterocycles. The first-order valence-corrected chi connectivity index (χ1v) is 5.83. The first-order chi connectivity index (χ1) is 7.27. The highest BCUT2D eigenvalue weighted by atomic mass is 32.1. The SMILES string of the molecule is CCOC1(Cc2cncs2)CCOC1=O. The van der Waals surface area contributed by atoms with Gasteiger partial charge in [-0.25, -0.2) is 4.79 Å². The van der Waals surface area contributed by atoms with Gasteiger partial charge in [-0.2, -0.15) is 0 Å².